The molecular formula is C35H45ClN4O7S. The Morgan fingerprint density at radius 1 is 1.06 bits per heavy atom. The maximum atomic E-state index is 14.4. The summed E-state index contributed by atoms with van der Waals surface area (Å²) >= 11 is 5.95. The van der Waals surface area contributed by atoms with E-state index < -0.39 is 28.1 Å². The van der Waals surface area contributed by atoms with Gasteiger partial charge >= 0.3 is 6.03 Å². The Hall–Kier alpha value is -3.84. The van der Waals surface area contributed by atoms with Crippen LogP contribution in [0.4, 0.5) is 16.2 Å². The van der Waals surface area contributed by atoms with Gasteiger partial charge in [0.05, 0.1) is 35.3 Å². The number of nitrogens with one attached hydrogen (secondary N) is 2. The lowest BCUT2D eigenvalue weighted by Crippen LogP contribution is -2.48. The zero-order valence-electron chi connectivity index (χ0n) is 27.8. The van der Waals surface area contributed by atoms with Gasteiger partial charge in [-0.05, 0) is 87.7 Å². The normalized spacial score (nSPS) is 20.1. The maximum Gasteiger partial charge on any atom is 0.321 e. The van der Waals surface area contributed by atoms with Gasteiger partial charge in [0.15, 0.2) is 0 Å². The van der Waals surface area contributed by atoms with Gasteiger partial charge < -0.3 is 29.7 Å². The van der Waals surface area contributed by atoms with Gasteiger partial charge in [-0.25, -0.2) is 13.2 Å². The number of urea groups is 1. The number of sulfonamides is 1. The predicted molar refractivity (Wildman–Crippen MR) is 187 cm³/mol. The zero-order valence-corrected chi connectivity index (χ0v) is 29.3. The highest BCUT2D eigenvalue weighted by atomic mass is 35.5. The topological polar surface area (TPSA) is 138 Å². The van der Waals surface area contributed by atoms with Crippen LogP contribution in [0, 0.1) is 5.92 Å². The van der Waals surface area contributed by atoms with Gasteiger partial charge in [0, 0.05) is 49.1 Å². The van der Waals surface area contributed by atoms with Crippen LogP contribution in [-0.2, 0) is 14.8 Å². The Morgan fingerprint density at radius 2 is 1.77 bits per heavy atom. The van der Waals surface area contributed by atoms with Gasteiger partial charge in [-0.2, -0.15) is 0 Å². The number of ether oxygens (including phenoxy) is 2. The number of para-hydroxylation sites is 1. The first-order valence-corrected chi connectivity index (χ1v) is 17.9. The van der Waals surface area contributed by atoms with Gasteiger partial charge in [0.25, 0.3) is 15.9 Å². The number of hydrogen-bond acceptors (Lipinski definition) is 7. The number of aliphatic hydroxyl groups excluding tert-OH is 1. The Labute approximate surface area is 288 Å². The summed E-state index contributed by atoms with van der Waals surface area (Å²) in [6.45, 7) is 6.21. The van der Waals surface area contributed by atoms with Crippen molar-refractivity contribution in [1.82, 2.24) is 9.80 Å². The van der Waals surface area contributed by atoms with E-state index in [0.717, 1.165) is 12.8 Å². The third kappa shape index (κ3) is 10.1. The second kappa shape index (κ2) is 17.0. The Bertz CT molecular complexity index is 1630. The van der Waals surface area contributed by atoms with Crippen LogP contribution in [-0.4, -0.2) is 86.9 Å². The van der Waals surface area contributed by atoms with Gasteiger partial charge in [0.2, 0.25) is 0 Å². The molecule has 3 aromatic carbocycles. The van der Waals surface area contributed by atoms with E-state index in [2.05, 4.69) is 10.0 Å². The molecule has 0 radical (unpaired) electrons. The van der Waals surface area contributed by atoms with Crippen molar-refractivity contribution in [2.75, 3.05) is 43.4 Å². The number of carbonyl (C=O) groups is 2. The Balaban J connectivity index is 1.63. The molecule has 0 unspecified atom stereocenters. The van der Waals surface area contributed by atoms with Gasteiger partial charge in [-0.3, -0.25) is 9.52 Å². The van der Waals surface area contributed by atoms with Gasteiger partial charge in [-0.1, -0.05) is 36.7 Å². The fourth-order valence-electron chi connectivity index (χ4n) is 5.37. The molecule has 0 bridgehead atoms. The Morgan fingerprint density at radius 3 is 2.46 bits per heavy atom. The van der Waals surface area contributed by atoms with Crippen molar-refractivity contribution in [1.29, 1.82) is 0 Å². The van der Waals surface area contributed by atoms with E-state index in [9.17, 15) is 23.1 Å². The van der Waals surface area contributed by atoms with Crippen LogP contribution in [0.15, 0.2) is 77.7 Å². The highest BCUT2D eigenvalue weighted by Gasteiger charge is 2.31. The molecule has 11 nitrogen and oxygen atoms in total. The number of anilines is 2. The lowest BCUT2D eigenvalue weighted by molar-refractivity contribution is -0.0115. The zero-order chi connectivity index (χ0) is 34.8. The third-order valence-electron chi connectivity index (χ3n) is 8.25. The minimum atomic E-state index is -3.99. The molecule has 0 saturated heterocycles. The largest absolute Gasteiger partial charge is 0.490 e. The summed E-state index contributed by atoms with van der Waals surface area (Å²) in [6, 6.07) is 18.7. The van der Waals surface area contributed by atoms with Crippen LogP contribution in [0.3, 0.4) is 0 Å². The van der Waals surface area contributed by atoms with E-state index in [1.54, 1.807) is 35.9 Å². The van der Waals surface area contributed by atoms with Crippen molar-refractivity contribution in [2.45, 2.75) is 63.2 Å². The summed E-state index contributed by atoms with van der Waals surface area (Å²) < 4.78 is 41.5. The van der Waals surface area contributed by atoms with Crippen LogP contribution >= 0.6 is 11.6 Å². The molecule has 0 aromatic heterocycles. The first kappa shape index (κ1) is 37.0. The summed E-state index contributed by atoms with van der Waals surface area (Å²) in [5.41, 5.74) is 0.999. The van der Waals surface area contributed by atoms with Crippen molar-refractivity contribution in [3.63, 3.8) is 0 Å². The standard InChI is InChI=1S/C35H45ClN4O7S/c1-24-21-40(25(2)23-41)34(42)31-20-29(38-48(44,45)30-16-13-27(36)14-17-30)15-18-32(31)47-26(3)10-8-9-19-46-33(24)22-39(4)35(43)37-28-11-6-5-7-12-28/h5-7,11-18,20,24-26,33,38,41H,8-10,19,21-23H2,1-4H3,(H,37,43)/t24-,25-,26+,33-/m0/s1. The van der Waals surface area contributed by atoms with Gasteiger partial charge in [-0.15, -0.1) is 0 Å². The molecule has 3 N–H and O–H groups in total. The first-order valence-electron chi connectivity index (χ1n) is 16.1. The number of amides is 3. The van der Waals surface area contributed by atoms with Crippen LogP contribution in [0.2, 0.25) is 5.02 Å². The van der Waals surface area contributed by atoms with Crippen molar-refractivity contribution < 1.29 is 32.6 Å². The van der Waals surface area contributed by atoms with Crippen LogP contribution in [0.25, 0.3) is 0 Å². The number of carbonyl (C=O) groups excluding carboxylic acids is 2. The lowest BCUT2D eigenvalue weighted by Gasteiger charge is -2.35. The van der Waals surface area contributed by atoms with Gasteiger partial charge in [0.1, 0.15) is 5.75 Å². The fraction of sp³-hybridized carbons (Fsp3) is 0.429. The van der Waals surface area contributed by atoms with Crippen LogP contribution < -0.4 is 14.8 Å². The molecule has 0 saturated carbocycles. The molecule has 260 valence electrons. The molecule has 0 spiro atoms. The summed E-state index contributed by atoms with van der Waals surface area (Å²) in [6.07, 6.45) is 1.60. The fourth-order valence-corrected chi connectivity index (χ4v) is 6.55. The highest BCUT2D eigenvalue weighted by Crippen LogP contribution is 2.30. The van der Waals surface area contributed by atoms with E-state index in [1.807, 2.05) is 44.2 Å². The maximum absolute atomic E-state index is 14.4. The molecule has 1 aliphatic rings. The van der Waals surface area contributed by atoms with E-state index in [4.69, 9.17) is 21.1 Å². The molecule has 48 heavy (non-hydrogen) atoms. The van der Waals surface area contributed by atoms with Crippen molar-refractivity contribution in [2.24, 2.45) is 5.92 Å². The summed E-state index contributed by atoms with van der Waals surface area (Å²) in [5, 5.41) is 13.5. The van der Waals surface area contributed by atoms with Crippen molar-refractivity contribution >= 4 is 44.9 Å². The molecule has 3 aromatic rings. The van der Waals surface area contributed by atoms with E-state index in [0.29, 0.717) is 29.5 Å². The SMILES string of the molecule is C[C@@H]1CCCCO[C@@H](CN(C)C(=O)Nc2ccccc2)[C@@H](C)CN([C@@H](C)CO)C(=O)c2cc(NS(=O)(=O)c3ccc(Cl)cc3)ccc2O1. The van der Waals surface area contributed by atoms with Crippen molar-refractivity contribution in [3.05, 3.63) is 83.4 Å². The van der Waals surface area contributed by atoms with E-state index in [1.165, 1.54) is 30.3 Å². The molecule has 0 fully saturated rings. The average Bonchev–Trinajstić information content (AvgIpc) is 3.06. The number of halogens is 1. The number of hydrogen-bond donors (Lipinski definition) is 3. The summed E-state index contributed by atoms with van der Waals surface area (Å²) in [5.74, 6) is -0.385. The molecule has 13 heteroatoms. The third-order valence-corrected chi connectivity index (χ3v) is 9.90. The number of fused-ring (bicyclic) bond motifs is 1. The van der Waals surface area contributed by atoms with Crippen molar-refractivity contribution in [3.8, 4) is 5.75 Å². The van der Waals surface area contributed by atoms with E-state index >= 15 is 0 Å². The molecule has 3 amide bonds. The Kier molecular flexibility index (Phi) is 13.1. The highest BCUT2D eigenvalue weighted by molar-refractivity contribution is 7.92. The smallest absolute Gasteiger partial charge is 0.321 e. The number of nitrogens with zero attached hydrogens (tertiary/aromatic N) is 2. The molecule has 0 aliphatic carbocycles. The van der Waals surface area contributed by atoms with Crippen LogP contribution in [0.1, 0.15) is 50.4 Å². The second-order valence-corrected chi connectivity index (χ2v) is 14.4. The predicted octanol–water partition coefficient (Wildman–Crippen LogP) is 6.10. The summed E-state index contributed by atoms with van der Waals surface area (Å²) in [7, 11) is -2.30. The second-order valence-electron chi connectivity index (χ2n) is 12.2. The molecular weight excluding hydrogens is 656 g/mol. The minimum absolute atomic E-state index is 0.0148. The molecule has 1 aliphatic heterocycles. The molecule has 1 heterocycles. The number of benzene rings is 3. The quantitative estimate of drug-likeness (QED) is 0.258. The number of rotatable bonds is 8. The minimum Gasteiger partial charge on any atom is -0.490 e. The monoisotopic (exact) mass is 700 g/mol. The first-order chi connectivity index (χ1) is 22.9. The molecule has 4 atom stereocenters. The van der Waals surface area contributed by atoms with Crippen LogP contribution in [0.5, 0.6) is 5.75 Å². The number of likely N-dealkylation sites (N-methyl/N-ethyl adjacent to an activating group) is 1. The average molecular weight is 701 g/mol. The summed E-state index contributed by atoms with van der Waals surface area (Å²) in [4.78, 5) is 30.5. The van der Waals surface area contributed by atoms with E-state index in [-0.39, 0.29) is 53.9 Å². The molecule has 4 rings (SSSR count). The number of aliphatic hydroxyl groups is 1. The lowest BCUT2D eigenvalue weighted by atomic mass is 10.0.